The van der Waals surface area contributed by atoms with Crippen LogP contribution in [0.4, 0.5) is 0 Å². The van der Waals surface area contributed by atoms with Gasteiger partial charge in [-0.2, -0.15) is 5.10 Å². The minimum Gasteiger partial charge on any atom is -0.351 e. The van der Waals surface area contributed by atoms with Crippen LogP contribution >= 0.6 is 0 Å². The van der Waals surface area contributed by atoms with Crippen molar-refractivity contribution in [2.45, 2.75) is 25.8 Å². The molecule has 1 N–H and O–H groups in total. The van der Waals surface area contributed by atoms with Crippen LogP contribution in [-0.2, 0) is 16.8 Å². The average molecular weight is 319 g/mol. The SMILES string of the molecule is CC(C)(C(=O)NCc1cnn(-c2ccccc2)c1)c1ccccc1. The van der Waals surface area contributed by atoms with Crippen LogP contribution in [0.1, 0.15) is 25.0 Å². The van der Waals surface area contributed by atoms with Crippen molar-refractivity contribution in [2.75, 3.05) is 0 Å². The number of carbonyl (C=O) groups excluding carboxylic acids is 1. The summed E-state index contributed by atoms with van der Waals surface area (Å²) in [6, 6.07) is 19.7. The van der Waals surface area contributed by atoms with Gasteiger partial charge in [-0.25, -0.2) is 4.68 Å². The van der Waals surface area contributed by atoms with E-state index in [-0.39, 0.29) is 5.91 Å². The molecule has 0 spiro atoms. The molecular weight excluding hydrogens is 298 g/mol. The van der Waals surface area contributed by atoms with Gasteiger partial charge in [-0.3, -0.25) is 4.79 Å². The number of rotatable bonds is 5. The number of nitrogens with zero attached hydrogens (tertiary/aromatic N) is 2. The Balaban J connectivity index is 1.66. The summed E-state index contributed by atoms with van der Waals surface area (Å²) < 4.78 is 1.81. The van der Waals surface area contributed by atoms with Gasteiger partial charge in [-0.1, -0.05) is 48.5 Å². The Morgan fingerprint density at radius 2 is 1.67 bits per heavy atom. The van der Waals surface area contributed by atoms with E-state index in [2.05, 4.69) is 10.4 Å². The summed E-state index contributed by atoms with van der Waals surface area (Å²) >= 11 is 0. The Kier molecular flexibility index (Phi) is 4.47. The molecule has 1 heterocycles. The maximum atomic E-state index is 12.6. The Bertz CT molecular complexity index is 807. The van der Waals surface area contributed by atoms with Crippen molar-refractivity contribution in [3.8, 4) is 5.69 Å². The smallest absolute Gasteiger partial charge is 0.230 e. The Labute approximate surface area is 142 Å². The van der Waals surface area contributed by atoms with Crippen LogP contribution in [-0.4, -0.2) is 15.7 Å². The number of hydrogen-bond acceptors (Lipinski definition) is 2. The lowest BCUT2D eigenvalue weighted by Gasteiger charge is -2.24. The van der Waals surface area contributed by atoms with Gasteiger partial charge in [0.2, 0.25) is 5.91 Å². The van der Waals surface area contributed by atoms with Gasteiger partial charge >= 0.3 is 0 Å². The molecule has 0 aliphatic carbocycles. The summed E-state index contributed by atoms with van der Waals surface area (Å²) in [4.78, 5) is 12.6. The molecule has 3 rings (SSSR count). The van der Waals surface area contributed by atoms with Crippen LogP contribution in [0.15, 0.2) is 73.1 Å². The summed E-state index contributed by atoms with van der Waals surface area (Å²) in [5, 5.41) is 7.36. The second-order valence-electron chi connectivity index (χ2n) is 6.30. The molecule has 3 aromatic rings. The highest BCUT2D eigenvalue weighted by Gasteiger charge is 2.29. The van der Waals surface area contributed by atoms with Crippen molar-refractivity contribution in [1.82, 2.24) is 15.1 Å². The predicted octanol–water partition coefficient (Wildman–Crippen LogP) is 3.47. The topological polar surface area (TPSA) is 46.9 Å². The third kappa shape index (κ3) is 3.38. The lowest BCUT2D eigenvalue weighted by atomic mass is 9.84. The minimum atomic E-state index is -0.573. The molecule has 24 heavy (non-hydrogen) atoms. The van der Waals surface area contributed by atoms with E-state index >= 15 is 0 Å². The van der Waals surface area contributed by atoms with Gasteiger partial charge in [0.15, 0.2) is 0 Å². The zero-order chi connectivity index (χ0) is 17.0. The second kappa shape index (κ2) is 6.71. The highest BCUT2D eigenvalue weighted by molar-refractivity contribution is 5.87. The van der Waals surface area contributed by atoms with Crippen LogP contribution < -0.4 is 5.32 Å². The molecule has 4 heteroatoms. The van der Waals surface area contributed by atoms with E-state index in [0.29, 0.717) is 6.54 Å². The highest BCUT2D eigenvalue weighted by Crippen LogP contribution is 2.23. The lowest BCUT2D eigenvalue weighted by molar-refractivity contribution is -0.125. The van der Waals surface area contributed by atoms with Gasteiger partial charge < -0.3 is 5.32 Å². The first kappa shape index (κ1) is 16.0. The lowest BCUT2D eigenvalue weighted by Crippen LogP contribution is -2.39. The molecule has 1 aromatic heterocycles. The monoisotopic (exact) mass is 319 g/mol. The highest BCUT2D eigenvalue weighted by atomic mass is 16.2. The first-order valence-corrected chi connectivity index (χ1v) is 8.00. The van der Waals surface area contributed by atoms with Crippen molar-refractivity contribution < 1.29 is 4.79 Å². The first-order chi connectivity index (χ1) is 11.6. The zero-order valence-electron chi connectivity index (χ0n) is 13.9. The minimum absolute atomic E-state index is 0.00108. The number of para-hydroxylation sites is 1. The van der Waals surface area contributed by atoms with E-state index in [4.69, 9.17) is 0 Å². The van der Waals surface area contributed by atoms with Crippen LogP contribution in [0, 0.1) is 0 Å². The second-order valence-corrected chi connectivity index (χ2v) is 6.30. The third-order valence-electron chi connectivity index (χ3n) is 4.17. The Morgan fingerprint density at radius 3 is 2.33 bits per heavy atom. The number of aromatic nitrogens is 2. The molecule has 0 unspecified atom stereocenters. The summed E-state index contributed by atoms with van der Waals surface area (Å²) in [6.07, 6.45) is 3.72. The van der Waals surface area contributed by atoms with E-state index in [1.807, 2.05) is 85.4 Å². The number of hydrogen-bond donors (Lipinski definition) is 1. The fraction of sp³-hybridized carbons (Fsp3) is 0.200. The van der Waals surface area contributed by atoms with Crippen LogP contribution in [0.3, 0.4) is 0 Å². The average Bonchev–Trinajstić information content (AvgIpc) is 3.10. The standard InChI is InChI=1S/C20H21N3O/c1-20(2,17-9-5-3-6-10-17)19(24)21-13-16-14-22-23(15-16)18-11-7-4-8-12-18/h3-12,14-15H,13H2,1-2H3,(H,21,24). The molecule has 0 radical (unpaired) electrons. The largest absolute Gasteiger partial charge is 0.351 e. The molecular formula is C20H21N3O. The van der Waals surface area contributed by atoms with E-state index in [1.165, 1.54) is 0 Å². The van der Waals surface area contributed by atoms with Crippen molar-refractivity contribution >= 4 is 5.91 Å². The molecule has 0 bridgehead atoms. The Morgan fingerprint density at radius 1 is 1.04 bits per heavy atom. The maximum Gasteiger partial charge on any atom is 0.230 e. The molecule has 0 saturated carbocycles. The fourth-order valence-electron chi connectivity index (χ4n) is 2.56. The molecule has 0 atom stereocenters. The molecule has 0 aliphatic rings. The molecule has 4 nitrogen and oxygen atoms in total. The third-order valence-corrected chi connectivity index (χ3v) is 4.17. The number of nitrogens with one attached hydrogen (secondary N) is 1. The molecule has 122 valence electrons. The van der Waals surface area contributed by atoms with Gasteiger partial charge in [0.25, 0.3) is 0 Å². The Hall–Kier alpha value is -2.88. The quantitative estimate of drug-likeness (QED) is 0.783. The normalized spacial score (nSPS) is 11.2. The summed E-state index contributed by atoms with van der Waals surface area (Å²) in [7, 11) is 0. The zero-order valence-corrected chi connectivity index (χ0v) is 13.9. The van der Waals surface area contributed by atoms with E-state index in [1.54, 1.807) is 6.20 Å². The van der Waals surface area contributed by atoms with Crippen molar-refractivity contribution in [3.63, 3.8) is 0 Å². The predicted molar refractivity (Wildman–Crippen MR) is 94.9 cm³/mol. The fourth-order valence-corrected chi connectivity index (χ4v) is 2.56. The van der Waals surface area contributed by atoms with Gasteiger partial charge in [0, 0.05) is 18.3 Å². The number of carbonyl (C=O) groups is 1. The van der Waals surface area contributed by atoms with Gasteiger partial charge in [0.05, 0.1) is 17.3 Å². The van der Waals surface area contributed by atoms with Crippen molar-refractivity contribution in [2.24, 2.45) is 0 Å². The summed E-state index contributed by atoms with van der Waals surface area (Å²) in [6.45, 7) is 4.33. The van der Waals surface area contributed by atoms with Gasteiger partial charge in [-0.15, -0.1) is 0 Å². The molecule has 0 aliphatic heterocycles. The van der Waals surface area contributed by atoms with Crippen LogP contribution in [0.25, 0.3) is 5.69 Å². The number of benzene rings is 2. The summed E-state index contributed by atoms with van der Waals surface area (Å²) in [5.74, 6) is 0.00108. The molecule has 1 amide bonds. The van der Waals surface area contributed by atoms with Crippen molar-refractivity contribution in [1.29, 1.82) is 0 Å². The van der Waals surface area contributed by atoms with E-state index < -0.39 is 5.41 Å². The molecule has 0 saturated heterocycles. The first-order valence-electron chi connectivity index (χ1n) is 8.00. The van der Waals surface area contributed by atoms with Gasteiger partial charge in [0.1, 0.15) is 0 Å². The molecule has 2 aromatic carbocycles. The van der Waals surface area contributed by atoms with Gasteiger partial charge in [-0.05, 0) is 31.5 Å². The van der Waals surface area contributed by atoms with Crippen LogP contribution in [0.2, 0.25) is 0 Å². The maximum absolute atomic E-state index is 12.6. The van der Waals surface area contributed by atoms with E-state index in [0.717, 1.165) is 16.8 Å². The van der Waals surface area contributed by atoms with E-state index in [9.17, 15) is 4.79 Å². The number of amides is 1. The summed E-state index contributed by atoms with van der Waals surface area (Å²) in [5.41, 5.74) is 2.40. The molecule has 0 fully saturated rings. The van der Waals surface area contributed by atoms with Crippen LogP contribution in [0.5, 0.6) is 0 Å². The van der Waals surface area contributed by atoms with Crippen molar-refractivity contribution in [3.05, 3.63) is 84.2 Å².